The lowest BCUT2D eigenvalue weighted by Gasteiger charge is -2.13. The minimum atomic E-state index is -0.756. The van der Waals surface area contributed by atoms with E-state index in [1.807, 2.05) is 6.07 Å². The number of H-pyrrole nitrogens is 1. The zero-order chi connectivity index (χ0) is 23.5. The van der Waals surface area contributed by atoms with Crippen molar-refractivity contribution in [1.29, 1.82) is 5.26 Å². The van der Waals surface area contributed by atoms with E-state index >= 15 is 4.39 Å². The first kappa shape index (κ1) is 22.3. The maximum Gasteiger partial charge on any atom is 0.268 e. The van der Waals surface area contributed by atoms with E-state index in [-0.39, 0.29) is 50.8 Å². The van der Waals surface area contributed by atoms with Crippen molar-refractivity contribution in [3.05, 3.63) is 75.3 Å². The van der Waals surface area contributed by atoms with Crippen molar-refractivity contribution < 1.29 is 18.7 Å². The average molecular weight is 486 g/mol. The van der Waals surface area contributed by atoms with Crippen LogP contribution in [0.2, 0.25) is 10.0 Å². The molecular formula is C22H14Cl2FN5O3. The number of aromatic nitrogens is 3. The minimum Gasteiger partial charge on any atom is -0.478 e. The minimum absolute atomic E-state index is 0.0174. The van der Waals surface area contributed by atoms with Gasteiger partial charge in [0.1, 0.15) is 17.0 Å². The van der Waals surface area contributed by atoms with E-state index in [4.69, 9.17) is 37.9 Å². The summed E-state index contributed by atoms with van der Waals surface area (Å²) >= 11 is 12.1. The molecule has 0 aliphatic heterocycles. The largest absolute Gasteiger partial charge is 0.478 e. The fourth-order valence-corrected chi connectivity index (χ4v) is 3.50. The summed E-state index contributed by atoms with van der Waals surface area (Å²) < 4.78 is 25.8. The Morgan fingerprint density at radius 2 is 2.09 bits per heavy atom. The molecule has 4 aromatic rings. The van der Waals surface area contributed by atoms with Gasteiger partial charge in [0.2, 0.25) is 0 Å². The first-order valence-corrected chi connectivity index (χ1v) is 10.2. The van der Waals surface area contributed by atoms with E-state index in [2.05, 4.69) is 20.5 Å². The van der Waals surface area contributed by atoms with Gasteiger partial charge in [-0.3, -0.25) is 4.79 Å². The number of methoxy groups -OCH3 is 1. The molecule has 8 nitrogen and oxygen atoms in total. The van der Waals surface area contributed by atoms with Gasteiger partial charge in [0, 0.05) is 22.5 Å². The summed E-state index contributed by atoms with van der Waals surface area (Å²) in [5.41, 5.74) is 1.14. The van der Waals surface area contributed by atoms with Crippen LogP contribution in [0.25, 0.3) is 10.9 Å². The van der Waals surface area contributed by atoms with Crippen molar-refractivity contribution in [2.75, 3.05) is 7.11 Å². The number of aromatic amines is 1. The Kier molecular flexibility index (Phi) is 6.31. The highest BCUT2D eigenvalue weighted by atomic mass is 35.5. The zero-order valence-corrected chi connectivity index (χ0v) is 18.5. The number of hydrogen-bond acceptors (Lipinski definition) is 6. The first-order valence-electron chi connectivity index (χ1n) is 9.41. The van der Waals surface area contributed by atoms with Crippen LogP contribution in [0.5, 0.6) is 17.4 Å². The van der Waals surface area contributed by atoms with Gasteiger partial charge in [-0.2, -0.15) is 10.4 Å². The Bertz CT molecular complexity index is 1420. The van der Waals surface area contributed by atoms with Crippen LogP contribution >= 0.6 is 23.2 Å². The van der Waals surface area contributed by atoms with Gasteiger partial charge in [-0.25, -0.2) is 4.39 Å². The summed E-state index contributed by atoms with van der Waals surface area (Å²) in [6, 6.07) is 10.7. The fourth-order valence-electron chi connectivity index (χ4n) is 3.09. The van der Waals surface area contributed by atoms with E-state index in [1.54, 1.807) is 6.07 Å². The molecule has 1 amide bonds. The highest BCUT2D eigenvalue weighted by Crippen LogP contribution is 2.35. The van der Waals surface area contributed by atoms with Gasteiger partial charge < -0.3 is 19.8 Å². The molecule has 166 valence electrons. The maximum atomic E-state index is 15.1. The predicted molar refractivity (Wildman–Crippen MR) is 119 cm³/mol. The standard InChI is InChI=1S/C22H14Cl2FN5O3/c1-32-22-19-13(10-28-30-22)6-17(29-19)21(31)27-9-12-2-3-16(24)20(18(12)25)33-15-5-11(8-26)4-14(23)7-15/h2-7,10,29H,9H2,1H3,(H,27,31). The van der Waals surface area contributed by atoms with Gasteiger partial charge in [0.05, 0.1) is 30.0 Å². The Morgan fingerprint density at radius 3 is 2.85 bits per heavy atom. The Labute approximate surface area is 196 Å². The number of benzene rings is 2. The second-order valence-corrected chi connectivity index (χ2v) is 7.63. The van der Waals surface area contributed by atoms with E-state index in [9.17, 15) is 4.79 Å². The number of halogens is 3. The second-order valence-electron chi connectivity index (χ2n) is 6.79. The van der Waals surface area contributed by atoms with Gasteiger partial charge in [-0.05, 0) is 30.3 Å². The highest BCUT2D eigenvalue weighted by Gasteiger charge is 2.18. The third-order valence-electron chi connectivity index (χ3n) is 4.63. The van der Waals surface area contributed by atoms with E-state index in [0.717, 1.165) is 0 Å². The molecule has 2 heterocycles. The molecule has 0 atom stereocenters. The molecule has 11 heteroatoms. The molecule has 0 saturated carbocycles. The van der Waals surface area contributed by atoms with Crippen molar-refractivity contribution in [3.8, 4) is 23.4 Å². The van der Waals surface area contributed by atoms with Crippen LogP contribution < -0.4 is 14.8 Å². The smallest absolute Gasteiger partial charge is 0.268 e. The molecule has 0 unspecified atom stereocenters. The highest BCUT2D eigenvalue weighted by molar-refractivity contribution is 6.32. The average Bonchev–Trinajstić information content (AvgIpc) is 3.25. The molecule has 0 radical (unpaired) electrons. The Morgan fingerprint density at radius 1 is 1.27 bits per heavy atom. The van der Waals surface area contributed by atoms with Crippen LogP contribution in [0.3, 0.4) is 0 Å². The molecular weight excluding hydrogens is 472 g/mol. The van der Waals surface area contributed by atoms with Crippen LogP contribution in [-0.4, -0.2) is 28.2 Å². The molecule has 0 aliphatic carbocycles. The number of hydrogen-bond donors (Lipinski definition) is 2. The summed E-state index contributed by atoms with van der Waals surface area (Å²) in [7, 11) is 1.44. The lowest BCUT2D eigenvalue weighted by molar-refractivity contribution is 0.0946. The molecule has 2 aromatic carbocycles. The summed E-state index contributed by atoms with van der Waals surface area (Å²) in [6.07, 6.45) is 1.49. The summed E-state index contributed by atoms with van der Waals surface area (Å²) in [4.78, 5) is 15.5. The molecule has 0 saturated heterocycles. The molecule has 0 fully saturated rings. The maximum absolute atomic E-state index is 15.1. The lowest BCUT2D eigenvalue weighted by atomic mass is 10.2. The normalized spacial score (nSPS) is 10.6. The molecule has 2 aromatic heterocycles. The number of fused-ring (bicyclic) bond motifs is 1. The summed E-state index contributed by atoms with van der Waals surface area (Å²) in [5, 5.41) is 20.3. The van der Waals surface area contributed by atoms with Gasteiger partial charge in [0.25, 0.3) is 11.8 Å². The van der Waals surface area contributed by atoms with Crippen LogP contribution in [0.15, 0.2) is 42.6 Å². The zero-order valence-electron chi connectivity index (χ0n) is 16.9. The van der Waals surface area contributed by atoms with Gasteiger partial charge in [-0.1, -0.05) is 29.3 Å². The lowest BCUT2D eigenvalue weighted by Crippen LogP contribution is -2.23. The van der Waals surface area contributed by atoms with Crippen LogP contribution in [0, 0.1) is 17.1 Å². The van der Waals surface area contributed by atoms with Gasteiger partial charge in [0.15, 0.2) is 11.6 Å². The second kappa shape index (κ2) is 9.32. The SMILES string of the molecule is COc1nncc2cc(C(=O)NCc3ccc(Cl)c(Oc4cc(Cl)cc(C#N)c4)c3F)[nH]c12. The molecule has 4 rings (SSSR count). The predicted octanol–water partition coefficient (Wildman–Crippen LogP) is 5.01. The monoisotopic (exact) mass is 485 g/mol. The van der Waals surface area contributed by atoms with E-state index in [0.29, 0.717) is 10.9 Å². The third-order valence-corrected chi connectivity index (χ3v) is 5.15. The number of carbonyl (C=O) groups is 1. The molecule has 0 aliphatic rings. The molecule has 0 bridgehead atoms. The van der Waals surface area contributed by atoms with Crippen LogP contribution in [-0.2, 0) is 6.54 Å². The van der Waals surface area contributed by atoms with Crippen molar-refractivity contribution in [1.82, 2.24) is 20.5 Å². The Balaban J connectivity index is 1.54. The van der Waals surface area contributed by atoms with Crippen LogP contribution in [0.4, 0.5) is 4.39 Å². The van der Waals surface area contributed by atoms with Crippen molar-refractivity contribution >= 4 is 40.0 Å². The third kappa shape index (κ3) is 4.67. The van der Waals surface area contributed by atoms with Crippen LogP contribution in [0.1, 0.15) is 21.6 Å². The number of nitrogens with one attached hydrogen (secondary N) is 2. The van der Waals surface area contributed by atoms with Crippen molar-refractivity contribution in [2.45, 2.75) is 6.54 Å². The number of ether oxygens (including phenoxy) is 2. The summed E-state index contributed by atoms with van der Waals surface area (Å²) in [5.74, 6) is -1.08. The van der Waals surface area contributed by atoms with Crippen molar-refractivity contribution in [3.63, 3.8) is 0 Å². The van der Waals surface area contributed by atoms with E-state index < -0.39 is 11.7 Å². The van der Waals surface area contributed by atoms with E-state index in [1.165, 1.54) is 43.6 Å². The molecule has 33 heavy (non-hydrogen) atoms. The number of amides is 1. The number of carbonyl (C=O) groups excluding carboxylic acids is 1. The molecule has 0 spiro atoms. The summed E-state index contributed by atoms with van der Waals surface area (Å²) in [6.45, 7) is -0.139. The van der Waals surface area contributed by atoms with Gasteiger partial charge >= 0.3 is 0 Å². The number of nitriles is 1. The van der Waals surface area contributed by atoms with Gasteiger partial charge in [-0.15, -0.1) is 5.10 Å². The topological polar surface area (TPSA) is 113 Å². The first-order chi connectivity index (χ1) is 15.9. The number of rotatable bonds is 6. The number of nitrogens with zero attached hydrogens (tertiary/aromatic N) is 3. The molecule has 2 N–H and O–H groups in total. The van der Waals surface area contributed by atoms with Crippen molar-refractivity contribution in [2.24, 2.45) is 0 Å². The Hall–Kier alpha value is -3.87. The quantitative estimate of drug-likeness (QED) is 0.397. The fraction of sp³-hybridized carbons (Fsp3) is 0.0909.